The predicted molar refractivity (Wildman–Crippen MR) is 40.0 cm³/mol. The summed E-state index contributed by atoms with van der Waals surface area (Å²) < 4.78 is 10.2. The molecular weight excluding hydrogens is 142 g/mol. The van der Waals surface area contributed by atoms with Crippen molar-refractivity contribution in [1.29, 1.82) is 5.26 Å². The zero-order chi connectivity index (χ0) is 8.10. The summed E-state index contributed by atoms with van der Waals surface area (Å²) in [6.45, 7) is 1.54. The molecule has 3 nitrogen and oxygen atoms in total. The minimum absolute atomic E-state index is 0.237. The third-order valence-corrected chi connectivity index (χ3v) is 2.08. The van der Waals surface area contributed by atoms with Gasteiger partial charge in [0.25, 0.3) is 0 Å². The molecule has 1 rings (SSSR count). The van der Waals surface area contributed by atoms with E-state index < -0.39 is 0 Å². The van der Waals surface area contributed by atoms with E-state index in [0.717, 1.165) is 26.1 Å². The second-order valence-electron chi connectivity index (χ2n) is 2.74. The standard InChI is InChI=1S/C8H13NO2/c1-10-8(6-9)7-2-4-11-5-3-7/h7-8H,2-5H2,1H3. The first-order valence-electron chi connectivity index (χ1n) is 3.88. The van der Waals surface area contributed by atoms with E-state index >= 15 is 0 Å². The Hall–Kier alpha value is -0.590. The minimum atomic E-state index is -0.237. The number of hydrogen-bond donors (Lipinski definition) is 0. The molecule has 3 heteroatoms. The van der Waals surface area contributed by atoms with Crippen LogP contribution >= 0.6 is 0 Å². The van der Waals surface area contributed by atoms with Crippen molar-refractivity contribution in [3.05, 3.63) is 0 Å². The van der Waals surface area contributed by atoms with Gasteiger partial charge in [-0.3, -0.25) is 0 Å². The molecule has 62 valence electrons. The summed E-state index contributed by atoms with van der Waals surface area (Å²) in [5, 5.41) is 8.66. The van der Waals surface area contributed by atoms with Crippen LogP contribution in [-0.2, 0) is 9.47 Å². The van der Waals surface area contributed by atoms with Crippen molar-refractivity contribution < 1.29 is 9.47 Å². The molecule has 0 aromatic carbocycles. The summed E-state index contributed by atoms with van der Waals surface area (Å²) in [7, 11) is 1.59. The van der Waals surface area contributed by atoms with E-state index in [0.29, 0.717) is 5.92 Å². The van der Waals surface area contributed by atoms with Crippen molar-refractivity contribution in [2.45, 2.75) is 18.9 Å². The Kier molecular flexibility index (Phi) is 3.34. The number of methoxy groups -OCH3 is 1. The van der Waals surface area contributed by atoms with Crippen molar-refractivity contribution in [3.8, 4) is 6.07 Å². The first-order chi connectivity index (χ1) is 5.38. The van der Waals surface area contributed by atoms with Gasteiger partial charge in [-0.15, -0.1) is 0 Å². The Morgan fingerprint density at radius 3 is 2.64 bits per heavy atom. The lowest BCUT2D eigenvalue weighted by atomic mass is 9.95. The minimum Gasteiger partial charge on any atom is -0.381 e. The molecule has 1 aliphatic rings. The second-order valence-corrected chi connectivity index (χ2v) is 2.74. The van der Waals surface area contributed by atoms with Crippen LogP contribution in [0.25, 0.3) is 0 Å². The monoisotopic (exact) mass is 155 g/mol. The molecule has 0 spiro atoms. The van der Waals surface area contributed by atoms with Gasteiger partial charge in [-0.2, -0.15) is 5.26 Å². The number of hydrogen-bond acceptors (Lipinski definition) is 3. The van der Waals surface area contributed by atoms with Crippen molar-refractivity contribution in [2.75, 3.05) is 20.3 Å². The number of nitriles is 1. The lowest BCUT2D eigenvalue weighted by molar-refractivity contribution is 0.0101. The summed E-state index contributed by atoms with van der Waals surface area (Å²) >= 11 is 0. The highest BCUT2D eigenvalue weighted by atomic mass is 16.5. The molecule has 0 aromatic rings. The summed E-state index contributed by atoms with van der Waals surface area (Å²) in [6.07, 6.45) is 1.66. The van der Waals surface area contributed by atoms with E-state index in [-0.39, 0.29) is 6.10 Å². The van der Waals surface area contributed by atoms with Crippen LogP contribution in [-0.4, -0.2) is 26.4 Å². The quantitative estimate of drug-likeness (QED) is 0.596. The molecule has 1 unspecified atom stereocenters. The molecule has 0 aliphatic carbocycles. The van der Waals surface area contributed by atoms with Gasteiger partial charge >= 0.3 is 0 Å². The zero-order valence-electron chi connectivity index (χ0n) is 6.75. The third-order valence-electron chi connectivity index (χ3n) is 2.08. The summed E-state index contributed by atoms with van der Waals surface area (Å²) in [5.41, 5.74) is 0. The van der Waals surface area contributed by atoms with Crippen LogP contribution in [0.5, 0.6) is 0 Å². The van der Waals surface area contributed by atoms with Gasteiger partial charge in [0.05, 0.1) is 6.07 Å². The first-order valence-corrected chi connectivity index (χ1v) is 3.88. The first kappa shape index (κ1) is 8.51. The Bertz CT molecular complexity index is 147. The molecule has 0 radical (unpaired) electrons. The molecule has 1 fully saturated rings. The Morgan fingerprint density at radius 1 is 1.55 bits per heavy atom. The van der Waals surface area contributed by atoms with Crippen LogP contribution in [0, 0.1) is 17.2 Å². The molecule has 0 N–H and O–H groups in total. The predicted octanol–water partition coefficient (Wildman–Crippen LogP) is 0.952. The molecule has 0 amide bonds. The van der Waals surface area contributed by atoms with Crippen molar-refractivity contribution >= 4 is 0 Å². The average Bonchev–Trinajstić information content (AvgIpc) is 2.09. The highest BCUT2D eigenvalue weighted by molar-refractivity contribution is 4.90. The van der Waals surface area contributed by atoms with Crippen LogP contribution in [0.4, 0.5) is 0 Å². The van der Waals surface area contributed by atoms with E-state index in [9.17, 15) is 0 Å². The van der Waals surface area contributed by atoms with Gasteiger partial charge in [-0.05, 0) is 12.8 Å². The lowest BCUT2D eigenvalue weighted by Gasteiger charge is -2.24. The Balaban J connectivity index is 2.38. The lowest BCUT2D eigenvalue weighted by Crippen LogP contribution is -2.27. The molecule has 11 heavy (non-hydrogen) atoms. The van der Waals surface area contributed by atoms with Crippen LogP contribution in [0.15, 0.2) is 0 Å². The van der Waals surface area contributed by atoms with Gasteiger partial charge in [0, 0.05) is 26.2 Å². The van der Waals surface area contributed by atoms with Crippen molar-refractivity contribution in [3.63, 3.8) is 0 Å². The molecular formula is C8H13NO2. The average molecular weight is 155 g/mol. The maximum absolute atomic E-state index is 8.66. The van der Waals surface area contributed by atoms with Gasteiger partial charge in [-0.1, -0.05) is 0 Å². The van der Waals surface area contributed by atoms with E-state index in [2.05, 4.69) is 6.07 Å². The fraction of sp³-hybridized carbons (Fsp3) is 0.875. The largest absolute Gasteiger partial charge is 0.381 e. The van der Waals surface area contributed by atoms with Gasteiger partial charge < -0.3 is 9.47 Å². The number of nitrogens with zero attached hydrogens (tertiary/aromatic N) is 1. The maximum Gasteiger partial charge on any atom is 0.146 e. The normalized spacial score (nSPS) is 22.5. The number of ether oxygens (including phenoxy) is 2. The Labute approximate surface area is 66.9 Å². The molecule has 0 aromatic heterocycles. The van der Waals surface area contributed by atoms with Crippen LogP contribution in [0.3, 0.4) is 0 Å². The summed E-state index contributed by atoms with van der Waals surface area (Å²) in [4.78, 5) is 0. The summed E-state index contributed by atoms with van der Waals surface area (Å²) in [6, 6.07) is 2.14. The second kappa shape index (κ2) is 4.32. The van der Waals surface area contributed by atoms with Crippen LogP contribution in [0.2, 0.25) is 0 Å². The van der Waals surface area contributed by atoms with E-state index in [4.69, 9.17) is 14.7 Å². The van der Waals surface area contributed by atoms with E-state index in [1.165, 1.54) is 0 Å². The zero-order valence-corrected chi connectivity index (χ0v) is 6.75. The van der Waals surface area contributed by atoms with Gasteiger partial charge in [0.1, 0.15) is 6.10 Å². The maximum atomic E-state index is 8.66. The van der Waals surface area contributed by atoms with Gasteiger partial charge in [0.15, 0.2) is 0 Å². The molecule has 1 saturated heterocycles. The SMILES string of the molecule is COC(C#N)C1CCOCC1. The van der Waals surface area contributed by atoms with E-state index in [1.807, 2.05) is 0 Å². The molecule has 1 heterocycles. The molecule has 0 saturated carbocycles. The highest BCUT2D eigenvalue weighted by Gasteiger charge is 2.22. The Morgan fingerprint density at radius 2 is 2.18 bits per heavy atom. The van der Waals surface area contributed by atoms with Crippen LogP contribution in [0.1, 0.15) is 12.8 Å². The van der Waals surface area contributed by atoms with Crippen molar-refractivity contribution in [2.24, 2.45) is 5.92 Å². The van der Waals surface area contributed by atoms with Gasteiger partial charge in [-0.25, -0.2) is 0 Å². The topological polar surface area (TPSA) is 42.2 Å². The smallest absolute Gasteiger partial charge is 0.146 e. The van der Waals surface area contributed by atoms with Gasteiger partial charge in [0.2, 0.25) is 0 Å². The fourth-order valence-corrected chi connectivity index (χ4v) is 1.37. The molecule has 1 aliphatic heterocycles. The van der Waals surface area contributed by atoms with E-state index in [1.54, 1.807) is 7.11 Å². The highest BCUT2D eigenvalue weighted by Crippen LogP contribution is 2.19. The fourth-order valence-electron chi connectivity index (χ4n) is 1.37. The summed E-state index contributed by atoms with van der Waals surface area (Å²) in [5.74, 6) is 0.374. The van der Waals surface area contributed by atoms with Crippen LogP contribution < -0.4 is 0 Å². The third kappa shape index (κ3) is 2.18. The van der Waals surface area contributed by atoms with Crippen molar-refractivity contribution in [1.82, 2.24) is 0 Å². The molecule has 1 atom stereocenters. The molecule has 0 bridgehead atoms. The number of rotatable bonds is 2.